The van der Waals surface area contributed by atoms with Crippen LogP contribution in [0.1, 0.15) is 34.7 Å². The summed E-state index contributed by atoms with van der Waals surface area (Å²) in [5.74, 6) is -1.64. The Balaban J connectivity index is 2.02. The maximum Gasteiger partial charge on any atom is 0.286 e. The number of thiophene rings is 1. The Morgan fingerprint density at radius 1 is 1.47 bits per heavy atom. The zero-order chi connectivity index (χ0) is 12.0. The summed E-state index contributed by atoms with van der Waals surface area (Å²) in [6.45, 7) is 1.83. The highest BCUT2D eigenvalue weighted by Crippen LogP contribution is 2.49. The molecule has 0 bridgehead atoms. The lowest BCUT2D eigenvalue weighted by atomic mass is 10.1. The molecule has 1 aliphatic carbocycles. The number of alkyl halides is 2. The number of rotatable bonds is 2. The monoisotopic (exact) mass is 274 g/mol. The number of hydrogen-bond donors (Lipinski definition) is 1. The maximum atomic E-state index is 12.6. The number of aliphatic imine (C=N–C) groups is 1. The van der Waals surface area contributed by atoms with Gasteiger partial charge in [0.15, 0.2) is 0 Å². The van der Waals surface area contributed by atoms with Crippen LogP contribution in [0.5, 0.6) is 0 Å². The van der Waals surface area contributed by atoms with Gasteiger partial charge in [-0.3, -0.25) is 4.99 Å². The Morgan fingerprint density at radius 3 is 3.06 bits per heavy atom. The zero-order valence-electron chi connectivity index (χ0n) is 9.30. The Bertz CT molecular complexity index is 482. The van der Waals surface area contributed by atoms with Crippen molar-refractivity contribution in [2.75, 3.05) is 5.32 Å². The number of nitrogens with zero attached hydrogens (tertiary/aromatic N) is 1. The number of nitrogens with one attached hydrogen (secondary N) is 1. The summed E-state index contributed by atoms with van der Waals surface area (Å²) in [4.78, 5) is 5.66. The lowest BCUT2D eigenvalue weighted by Crippen LogP contribution is -2.16. The van der Waals surface area contributed by atoms with Gasteiger partial charge in [-0.15, -0.1) is 11.3 Å². The van der Waals surface area contributed by atoms with Gasteiger partial charge in [-0.1, -0.05) is 11.8 Å². The van der Waals surface area contributed by atoms with Gasteiger partial charge in [-0.2, -0.15) is 8.78 Å². The molecule has 0 radical (unpaired) electrons. The first-order valence-corrected chi connectivity index (χ1v) is 7.30. The lowest BCUT2D eigenvalue weighted by Gasteiger charge is -2.21. The van der Waals surface area contributed by atoms with Crippen LogP contribution < -0.4 is 5.32 Å². The molecule has 2 nitrogen and oxygen atoms in total. The van der Waals surface area contributed by atoms with E-state index in [-0.39, 0.29) is 0 Å². The molecule has 0 spiro atoms. The van der Waals surface area contributed by atoms with Gasteiger partial charge in [0.1, 0.15) is 10.4 Å². The number of thioether (sulfide) groups is 1. The van der Waals surface area contributed by atoms with Crippen LogP contribution in [0.25, 0.3) is 0 Å². The predicted molar refractivity (Wildman–Crippen MR) is 69.4 cm³/mol. The highest BCUT2D eigenvalue weighted by molar-refractivity contribution is 7.99. The molecule has 17 heavy (non-hydrogen) atoms. The molecule has 0 saturated carbocycles. The van der Waals surface area contributed by atoms with Crippen LogP contribution >= 0.6 is 23.1 Å². The van der Waals surface area contributed by atoms with E-state index in [9.17, 15) is 8.78 Å². The maximum absolute atomic E-state index is 12.6. The van der Waals surface area contributed by atoms with Crippen LogP contribution in [0.15, 0.2) is 4.99 Å². The summed E-state index contributed by atoms with van der Waals surface area (Å²) >= 11 is 2.35. The van der Waals surface area contributed by atoms with Gasteiger partial charge in [0, 0.05) is 10.4 Å². The first kappa shape index (κ1) is 11.5. The number of anilines is 1. The summed E-state index contributed by atoms with van der Waals surface area (Å²) in [6.07, 6.45) is 3.24. The van der Waals surface area contributed by atoms with Crippen molar-refractivity contribution >= 4 is 33.9 Å². The number of aryl methyl sites for hydroxylation is 1. The van der Waals surface area contributed by atoms with Crippen LogP contribution in [0.2, 0.25) is 0 Å². The Morgan fingerprint density at radius 2 is 2.29 bits per heavy atom. The molecule has 0 saturated heterocycles. The highest BCUT2D eigenvalue weighted by Gasteiger charge is 2.31. The summed E-state index contributed by atoms with van der Waals surface area (Å²) in [5, 5.41) is 3.80. The molecule has 0 unspecified atom stereocenters. The highest BCUT2D eigenvalue weighted by atomic mass is 32.2. The normalized spacial score (nSPS) is 22.1. The van der Waals surface area contributed by atoms with E-state index < -0.39 is 11.1 Å². The fourth-order valence-electron chi connectivity index (χ4n) is 2.42. The minimum absolute atomic E-state index is 0.427. The molecule has 2 aliphatic rings. The average Bonchev–Trinajstić information content (AvgIpc) is 2.74. The molecule has 92 valence electrons. The molecular weight excluding hydrogens is 262 g/mol. The standard InChI is InChI=1S/C11H12F2N2S2/c1-5-14-9-8(10(15-5)17-11(12)13)6-3-2-4-7(6)16-9/h10-11H,2-4H2,1H3,(H,14,15)/t10-/m1/s1. The summed E-state index contributed by atoms with van der Waals surface area (Å²) in [7, 11) is 0. The third-order valence-corrected chi connectivity index (χ3v) is 5.07. The van der Waals surface area contributed by atoms with E-state index in [2.05, 4.69) is 10.3 Å². The second kappa shape index (κ2) is 4.24. The topological polar surface area (TPSA) is 24.4 Å². The van der Waals surface area contributed by atoms with Gasteiger partial charge in [-0.05, 0) is 31.7 Å². The van der Waals surface area contributed by atoms with Crippen LogP contribution in [0, 0.1) is 0 Å². The molecule has 0 amide bonds. The van der Waals surface area contributed by atoms with E-state index in [0.717, 1.165) is 35.7 Å². The third-order valence-electron chi connectivity index (χ3n) is 3.05. The molecule has 0 fully saturated rings. The summed E-state index contributed by atoms with van der Waals surface area (Å²) < 4.78 is 25.2. The number of halogens is 2. The third kappa shape index (κ3) is 1.97. The molecule has 1 atom stereocenters. The van der Waals surface area contributed by atoms with Gasteiger partial charge in [0.25, 0.3) is 5.76 Å². The van der Waals surface area contributed by atoms with Crippen molar-refractivity contribution < 1.29 is 8.78 Å². The van der Waals surface area contributed by atoms with E-state index in [1.54, 1.807) is 11.3 Å². The predicted octanol–water partition coefficient (Wildman–Crippen LogP) is 4.04. The first-order valence-electron chi connectivity index (χ1n) is 5.54. The van der Waals surface area contributed by atoms with Crippen LogP contribution in [-0.2, 0) is 12.8 Å². The molecule has 6 heteroatoms. The Kier molecular flexibility index (Phi) is 2.86. The Labute approximate surface area is 107 Å². The van der Waals surface area contributed by atoms with Gasteiger partial charge < -0.3 is 5.32 Å². The number of fused-ring (bicyclic) bond motifs is 3. The van der Waals surface area contributed by atoms with Gasteiger partial charge in [-0.25, -0.2) is 0 Å². The van der Waals surface area contributed by atoms with Crippen molar-refractivity contribution in [3.05, 3.63) is 16.0 Å². The second-order valence-corrected chi connectivity index (χ2v) is 6.37. The minimum atomic E-state index is -2.38. The van der Waals surface area contributed by atoms with E-state index in [1.165, 1.54) is 10.4 Å². The van der Waals surface area contributed by atoms with Gasteiger partial charge >= 0.3 is 0 Å². The quantitative estimate of drug-likeness (QED) is 0.880. The minimum Gasteiger partial charge on any atom is -0.336 e. The van der Waals surface area contributed by atoms with E-state index >= 15 is 0 Å². The molecule has 3 rings (SSSR count). The number of amidine groups is 1. The van der Waals surface area contributed by atoms with E-state index in [0.29, 0.717) is 11.8 Å². The fraction of sp³-hybridized carbons (Fsp3) is 0.545. The average molecular weight is 274 g/mol. The van der Waals surface area contributed by atoms with Crippen molar-refractivity contribution in [1.29, 1.82) is 0 Å². The van der Waals surface area contributed by atoms with Crippen molar-refractivity contribution in [3.8, 4) is 0 Å². The van der Waals surface area contributed by atoms with Crippen molar-refractivity contribution in [2.24, 2.45) is 4.99 Å². The molecular formula is C11H12F2N2S2. The van der Waals surface area contributed by atoms with Gasteiger partial charge in [0.2, 0.25) is 0 Å². The van der Waals surface area contributed by atoms with Crippen molar-refractivity contribution in [2.45, 2.75) is 37.3 Å². The Hall–Kier alpha value is -0.620. The largest absolute Gasteiger partial charge is 0.336 e. The smallest absolute Gasteiger partial charge is 0.286 e. The molecule has 1 N–H and O–H groups in total. The van der Waals surface area contributed by atoms with Crippen LogP contribution in [0.4, 0.5) is 13.8 Å². The lowest BCUT2D eigenvalue weighted by molar-refractivity contribution is 0.251. The molecule has 2 heterocycles. The van der Waals surface area contributed by atoms with E-state index in [1.807, 2.05) is 6.92 Å². The zero-order valence-corrected chi connectivity index (χ0v) is 10.9. The first-order chi connectivity index (χ1) is 8.15. The van der Waals surface area contributed by atoms with Crippen LogP contribution in [0.3, 0.4) is 0 Å². The molecule has 1 aromatic rings. The van der Waals surface area contributed by atoms with Gasteiger partial charge in [0.05, 0.1) is 5.84 Å². The fourth-order valence-corrected chi connectivity index (χ4v) is 4.67. The van der Waals surface area contributed by atoms with Crippen molar-refractivity contribution in [3.63, 3.8) is 0 Å². The van der Waals surface area contributed by atoms with Crippen LogP contribution in [-0.4, -0.2) is 11.6 Å². The molecule has 0 aromatic carbocycles. The SMILES string of the molecule is CC1=N[C@H](SC(F)F)c2c(sc3c2CCC3)N1. The van der Waals surface area contributed by atoms with Crippen molar-refractivity contribution in [1.82, 2.24) is 0 Å². The second-order valence-electron chi connectivity index (χ2n) is 4.19. The summed E-state index contributed by atoms with van der Waals surface area (Å²) in [6, 6.07) is 0. The molecule has 1 aliphatic heterocycles. The van der Waals surface area contributed by atoms with E-state index in [4.69, 9.17) is 0 Å². The summed E-state index contributed by atoms with van der Waals surface area (Å²) in [5.41, 5.74) is 2.28. The molecule has 1 aromatic heterocycles. The number of hydrogen-bond acceptors (Lipinski definition) is 4.